The summed E-state index contributed by atoms with van der Waals surface area (Å²) in [6.45, 7) is 5.18. The third-order valence-corrected chi connectivity index (χ3v) is 6.46. The third-order valence-electron chi connectivity index (χ3n) is 5.59. The normalized spacial score (nSPS) is 22.2. The number of likely N-dealkylation sites (tertiary alicyclic amines) is 1. The van der Waals surface area contributed by atoms with Crippen LogP contribution >= 0.6 is 11.3 Å². The van der Waals surface area contributed by atoms with Crippen molar-refractivity contribution in [2.75, 3.05) is 24.5 Å². The van der Waals surface area contributed by atoms with E-state index in [0.29, 0.717) is 0 Å². The number of thiophene rings is 1. The molecular weight excluding hydrogens is 340 g/mol. The van der Waals surface area contributed by atoms with Crippen molar-refractivity contribution in [2.45, 2.75) is 24.9 Å². The van der Waals surface area contributed by atoms with Crippen molar-refractivity contribution in [1.29, 1.82) is 0 Å². The van der Waals surface area contributed by atoms with E-state index >= 15 is 0 Å². The Morgan fingerprint density at radius 1 is 0.962 bits per heavy atom. The predicted molar refractivity (Wildman–Crippen MR) is 105 cm³/mol. The summed E-state index contributed by atoms with van der Waals surface area (Å²) >= 11 is 1.85. The van der Waals surface area contributed by atoms with Crippen molar-refractivity contribution in [3.05, 3.63) is 76.5 Å². The first-order valence-corrected chi connectivity index (χ1v) is 10.1. The highest BCUT2D eigenvalue weighted by Crippen LogP contribution is 2.45. The third kappa shape index (κ3) is 2.81. The summed E-state index contributed by atoms with van der Waals surface area (Å²) in [5, 5.41) is 2.17. The molecule has 1 atom stereocenters. The summed E-state index contributed by atoms with van der Waals surface area (Å²) in [4.78, 5) is 15.9. The Balaban J connectivity index is 1.40. The lowest BCUT2D eigenvalue weighted by atomic mass is 9.85. The molecule has 2 aliphatic heterocycles. The molecule has 1 saturated heterocycles. The first kappa shape index (κ1) is 16.0. The second-order valence-corrected chi connectivity index (χ2v) is 8.40. The minimum atomic E-state index is 0.155. The molecule has 5 heteroatoms. The Labute approximate surface area is 158 Å². The molecule has 3 aromatic heterocycles. The monoisotopic (exact) mass is 362 g/mol. The molecule has 26 heavy (non-hydrogen) atoms. The van der Waals surface area contributed by atoms with Crippen LogP contribution in [0.1, 0.15) is 22.7 Å². The molecule has 132 valence electrons. The number of pyridine rings is 2. The van der Waals surface area contributed by atoms with E-state index in [1.165, 1.54) is 22.7 Å². The van der Waals surface area contributed by atoms with Crippen LogP contribution < -0.4 is 4.90 Å². The zero-order chi connectivity index (χ0) is 17.4. The zero-order valence-electron chi connectivity index (χ0n) is 14.7. The fraction of sp³-hybridized carbons (Fsp3) is 0.333. The Bertz CT molecular complexity index is 880. The van der Waals surface area contributed by atoms with Gasteiger partial charge < -0.3 is 4.90 Å². The van der Waals surface area contributed by atoms with Crippen LogP contribution in [-0.2, 0) is 18.5 Å². The molecule has 3 aromatic rings. The molecule has 0 amide bonds. The molecule has 0 saturated carbocycles. The van der Waals surface area contributed by atoms with E-state index in [2.05, 4.69) is 56.6 Å². The van der Waals surface area contributed by atoms with E-state index in [0.717, 1.165) is 38.4 Å². The van der Waals surface area contributed by atoms with Gasteiger partial charge in [0.2, 0.25) is 0 Å². The molecule has 0 bridgehead atoms. The van der Waals surface area contributed by atoms with Gasteiger partial charge in [-0.1, -0.05) is 12.1 Å². The number of anilines is 1. The second-order valence-electron chi connectivity index (χ2n) is 7.37. The number of hydrogen-bond acceptors (Lipinski definition) is 5. The van der Waals surface area contributed by atoms with Gasteiger partial charge in [-0.05, 0) is 48.7 Å². The SMILES string of the molecule is c1ccc(CN2CC3(CCN(Cc4cccs4)C3)c3ncccc32)nc1. The number of nitrogens with zero attached hydrogens (tertiary/aromatic N) is 4. The number of hydrogen-bond donors (Lipinski definition) is 0. The summed E-state index contributed by atoms with van der Waals surface area (Å²) in [7, 11) is 0. The largest absolute Gasteiger partial charge is 0.363 e. The van der Waals surface area contributed by atoms with Crippen molar-refractivity contribution in [2.24, 2.45) is 0 Å². The van der Waals surface area contributed by atoms with Crippen LogP contribution in [0.15, 0.2) is 60.2 Å². The molecule has 5 rings (SSSR count). The molecule has 1 fully saturated rings. The van der Waals surface area contributed by atoms with Gasteiger partial charge in [0.05, 0.1) is 23.6 Å². The van der Waals surface area contributed by atoms with Crippen molar-refractivity contribution in [1.82, 2.24) is 14.9 Å². The van der Waals surface area contributed by atoms with Crippen molar-refractivity contribution >= 4 is 17.0 Å². The van der Waals surface area contributed by atoms with Crippen LogP contribution in [0.4, 0.5) is 5.69 Å². The van der Waals surface area contributed by atoms with Crippen molar-refractivity contribution in [3.8, 4) is 0 Å². The van der Waals surface area contributed by atoms with Gasteiger partial charge in [-0.3, -0.25) is 14.9 Å². The molecule has 1 spiro atoms. The molecule has 0 aliphatic carbocycles. The second kappa shape index (κ2) is 6.49. The van der Waals surface area contributed by atoms with E-state index in [1.807, 2.05) is 29.8 Å². The highest BCUT2D eigenvalue weighted by Gasteiger charge is 2.48. The first-order valence-electron chi connectivity index (χ1n) is 9.18. The van der Waals surface area contributed by atoms with E-state index in [4.69, 9.17) is 4.98 Å². The van der Waals surface area contributed by atoms with Gasteiger partial charge in [0.1, 0.15) is 0 Å². The molecular formula is C21H22N4S. The lowest BCUT2D eigenvalue weighted by Crippen LogP contribution is -2.36. The van der Waals surface area contributed by atoms with Crippen LogP contribution in [0.2, 0.25) is 0 Å². The molecule has 4 nitrogen and oxygen atoms in total. The Morgan fingerprint density at radius 3 is 2.77 bits per heavy atom. The fourth-order valence-electron chi connectivity index (χ4n) is 4.45. The Hall–Kier alpha value is -2.24. The van der Waals surface area contributed by atoms with Gasteiger partial charge in [-0.25, -0.2) is 0 Å². The average Bonchev–Trinajstić information content (AvgIpc) is 3.39. The highest BCUT2D eigenvalue weighted by molar-refractivity contribution is 7.09. The summed E-state index contributed by atoms with van der Waals surface area (Å²) in [5.74, 6) is 0. The fourth-order valence-corrected chi connectivity index (χ4v) is 5.20. The molecule has 1 unspecified atom stereocenters. The van der Waals surface area contributed by atoms with Gasteiger partial charge in [-0.2, -0.15) is 0 Å². The van der Waals surface area contributed by atoms with Crippen LogP contribution in [0, 0.1) is 0 Å². The summed E-state index contributed by atoms with van der Waals surface area (Å²) in [5.41, 5.74) is 3.84. The van der Waals surface area contributed by atoms with Crippen LogP contribution in [0.5, 0.6) is 0 Å². The van der Waals surface area contributed by atoms with E-state index in [-0.39, 0.29) is 5.41 Å². The number of aromatic nitrogens is 2. The summed E-state index contributed by atoms with van der Waals surface area (Å²) in [6.07, 6.45) is 5.01. The van der Waals surface area contributed by atoms with E-state index < -0.39 is 0 Å². The maximum absolute atomic E-state index is 4.83. The van der Waals surface area contributed by atoms with Gasteiger partial charge in [0, 0.05) is 42.3 Å². The quantitative estimate of drug-likeness (QED) is 0.708. The lowest BCUT2D eigenvalue weighted by Gasteiger charge is -2.25. The Morgan fingerprint density at radius 2 is 1.92 bits per heavy atom. The molecule has 0 radical (unpaired) electrons. The standard InChI is InChI=1S/C21H22N4S/c1-2-9-22-17(5-1)13-25-16-21(20-19(25)7-3-10-23-20)8-11-24(15-21)14-18-6-4-12-26-18/h1-7,9-10,12H,8,11,13-16H2. The highest BCUT2D eigenvalue weighted by atomic mass is 32.1. The zero-order valence-corrected chi connectivity index (χ0v) is 15.5. The van der Waals surface area contributed by atoms with Crippen LogP contribution in [0.3, 0.4) is 0 Å². The predicted octanol–water partition coefficient (Wildman–Crippen LogP) is 3.70. The van der Waals surface area contributed by atoms with Gasteiger partial charge in [0.25, 0.3) is 0 Å². The van der Waals surface area contributed by atoms with Crippen molar-refractivity contribution in [3.63, 3.8) is 0 Å². The van der Waals surface area contributed by atoms with Gasteiger partial charge in [-0.15, -0.1) is 11.3 Å². The molecule has 2 aliphatic rings. The minimum absolute atomic E-state index is 0.155. The molecule has 5 heterocycles. The Kier molecular flexibility index (Phi) is 3.98. The summed E-state index contributed by atoms with van der Waals surface area (Å²) in [6, 6.07) is 14.8. The van der Waals surface area contributed by atoms with Gasteiger partial charge in [0.15, 0.2) is 0 Å². The summed E-state index contributed by atoms with van der Waals surface area (Å²) < 4.78 is 0. The average molecular weight is 363 g/mol. The maximum Gasteiger partial charge on any atom is 0.0729 e. The first-order chi connectivity index (χ1) is 12.8. The number of rotatable bonds is 4. The maximum atomic E-state index is 4.83. The lowest BCUT2D eigenvalue weighted by molar-refractivity contribution is 0.307. The number of fused-ring (bicyclic) bond motifs is 2. The van der Waals surface area contributed by atoms with Gasteiger partial charge >= 0.3 is 0 Å². The van der Waals surface area contributed by atoms with Crippen LogP contribution in [-0.4, -0.2) is 34.5 Å². The topological polar surface area (TPSA) is 32.3 Å². The smallest absolute Gasteiger partial charge is 0.0729 e. The van der Waals surface area contributed by atoms with E-state index in [9.17, 15) is 0 Å². The van der Waals surface area contributed by atoms with E-state index in [1.54, 1.807) is 0 Å². The molecule has 0 N–H and O–H groups in total. The molecule has 0 aromatic carbocycles. The van der Waals surface area contributed by atoms with Crippen LogP contribution in [0.25, 0.3) is 0 Å². The van der Waals surface area contributed by atoms with Crippen molar-refractivity contribution < 1.29 is 0 Å². The minimum Gasteiger partial charge on any atom is -0.363 e.